The molecule has 0 bridgehead atoms. The standard InChI is InChI=1S/C12H13ClO/c1-3-10-4-6-11(7-5-10)9(2)8-12(13)14/h4-8H,3H2,1-2H3. The maximum absolute atomic E-state index is 10.6. The highest BCUT2D eigenvalue weighted by Gasteiger charge is 1.97. The van der Waals surface area contributed by atoms with Gasteiger partial charge < -0.3 is 0 Å². The van der Waals surface area contributed by atoms with E-state index in [0.29, 0.717) is 0 Å². The molecule has 0 heterocycles. The van der Waals surface area contributed by atoms with Crippen molar-refractivity contribution in [2.24, 2.45) is 0 Å². The van der Waals surface area contributed by atoms with Gasteiger partial charge in [0.2, 0.25) is 5.24 Å². The third-order valence-corrected chi connectivity index (χ3v) is 2.26. The molecule has 0 aromatic heterocycles. The van der Waals surface area contributed by atoms with E-state index in [4.69, 9.17) is 11.6 Å². The molecule has 0 amide bonds. The average Bonchev–Trinajstić information content (AvgIpc) is 2.17. The maximum atomic E-state index is 10.6. The molecule has 0 atom stereocenters. The van der Waals surface area contributed by atoms with Crippen LogP contribution < -0.4 is 0 Å². The third-order valence-electron chi connectivity index (χ3n) is 2.15. The molecule has 2 heteroatoms. The summed E-state index contributed by atoms with van der Waals surface area (Å²) in [5, 5.41) is -0.429. The Hall–Kier alpha value is -1.08. The van der Waals surface area contributed by atoms with Crippen LogP contribution >= 0.6 is 11.6 Å². The molecule has 1 nitrogen and oxygen atoms in total. The molecule has 0 N–H and O–H groups in total. The average molecular weight is 209 g/mol. The molecule has 0 saturated heterocycles. The lowest BCUT2D eigenvalue weighted by atomic mass is 10.0. The fourth-order valence-electron chi connectivity index (χ4n) is 1.26. The summed E-state index contributed by atoms with van der Waals surface area (Å²) in [5.74, 6) is 0. The minimum absolute atomic E-state index is 0.429. The molecule has 0 saturated carbocycles. The van der Waals surface area contributed by atoms with Crippen molar-refractivity contribution < 1.29 is 4.79 Å². The Bertz CT molecular complexity index is 349. The predicted molar refractivity (Wildman–Crippen MR) is 60.3 cm³/mol. The number of allylic oxidation sites excluding steroid dienone is 2. The monoisotopic (exact) mass is 208 g/mol. The fraction of sp³-hybridized carbons (Fsp3) is 0.250. The van der Waals surface area contributed by atoms with Crippen molar-refractivity contribution in [1.29, 1.82) is 0 Å². The predicted octanol–water partition coefficient (Wildman–Crippen LogP) is 3.42. The number of benzene rings is 1. The van der Waals surface area contributed by atoms with Gasteiger partial charge in [0.05, 0.1) is 0 Å². The van der Waals surface area contributed by atoms with Gasteiger partial charge >= 0.3 is 0 Å². The van der Waals surface area contributed by atoms with Crippen LogP contribution in [0.4, 0.5) is 0 Å². The zero-order valence-corrected chi connectivity index (χ0v) is 9.14. The molecule has 1 aromatic rings. The fourth-order valence-corrected chi connectivity index (χ4v) is 1.42. The topological polar surface area (TPSA) is 17.1 Å². The van der Waals surface area contributed by atoms with Crippen LogP contribution in [-0.4, -0.2) is 5.24 Å². The maximum Gasteiger partial charge on any atom is 0.245 e. The van der Waals surface area contributed by atoms with E-state index in [2.05, 4.69) is 19.1 Å². The van der Waals surface area contributed by atoms with Gasteiger partial charge in [-0.2, -0.15) is 0 Å². The molecule has 0 aliphatic carbocycles. The van der Waals surface area contributed by atoms with Gasteiger partial charge in [-0.05, 0) is 41.6 Å². The highest BCUT2D eigenvalue weighted by molar-refractivity contribution is 6.66. The lowest BCUT2D eigenvalue weighted by Gasteiger charge is -2.01. The van der Waals surface area contributed by atoms with Gasteiger partial charge in [0.25, 0.3) is 0 Å². The van der Waals surface area contributed by atoms with Crippen LogP contribution in [0.3, 0.4) is 0 Å². The number of aryl methyl sites for hydroxylation is 1. The van der Waals surface area contributed by atoms with Crippen LogP contribution in [0.25, 0.3) is 5.57 Å². The van der Waals surface area contributed by atoms with Crippen molar-refractivity contribution in [2.75, 3.05) is 0 Å². The summed E-state index contributed by atoms with van der Waals surface area (Å²) in [4.78, 5) is 10.6. The minimum atomic E-state index is -0.429. The Kier molecular flexibility index (Phi) is 3.90. The van der Waals surface area contributed by atoms with Crippen LogP contribution in [-0.2, 0) is 11.2 Å². The first kappa shape index (κ1) is 11.0. The summed E-state index contributed by atoms with van der Waals surface area (Å²) in [6.07, 6.45) is 2.46. The second-order valence-corrected chi connectivity index (χ2v) is 3.55. The number of hydrogen-bond acceptors (Lipinski definition) is 1. The van der Waals surface area contributed by atoms with Gasteiger partial charge in [0, 0.05) is 6.08 Å². The Balaban J connectivity index is 2.92. The first-order valence-corrected chi connectivity index (χ1v) is 4.98. The van der Waals surface area contributed by atoms with Gasteiger partial charge in [-0.1, -0.05) is 31.2 Å². The normalized spacial score (nSPS) is 11.5. The van der Waals surface area contributed by atoms with Crippen molar-refractivity contribution in [3.8, 4) is 0 Å². The van der Waals surface area contributed by atoms with Crippen molar-refractivity contribution in [3.05, 3.63) is 41.5 Å². The zero-order valence-electron chi connectivity index (χ0n) is 8.38. The Labute approximate surface area is 89.4 Å². The molecule has 0 fully saturated rings. The van der Waals surface area contributed by atoms with Crippen molar-refractivity contribution in [3.63, 3.8) is 0 Å². The highest BCUT2D eigenvalue weighted by Crippen LogP contribution is 2.15. The third kappa shape index (κ3) is 3.00. The Morgan fingerprint density at radius 3 is 2.36 bits per heavy atom. The van der Waals surface area contributed by atoms with E-state index in [0.717, 1.165) is 17.6 Å². The summed E-state index contributed by atoms with van der Waals surface area (Å²) in [5.41, 5.74) is 3.22. The van der Waals surface area contributed by atoms with E-state index >= 15 is 0 Å². The number of carbonyl (C=O) groups excluding carboxylic acids is 1. The van der Waals surface area contributed by atoms with Gasteiger partial charge in [-0.3, -0.25) is 4.79 Å². The van der Waals surface area contributed by atoms with Gasteiger partial charge in [-0.25, -0.2) is 0 Å². The van der Waals surface area contributed by atoms with E-state index in [1.165, 1.54) is 11.6 Å². The van der Waals surface area contributed by atoms with E-state index in [1.807, 2.05) is 19.1 Å². The van der Waals surface area contributed by atoms with E-state index in [9.17, 15) is 4.79 Å². The highest BCUT2D eigenvalue weighted by atomic mass is 35.5. The SMILES string of the molecule is CCc1ccc(C(C)=CC(=O)Cl)cc1. The van der Waals surface area contributed by atoms with E-state index < -0.39 is 5.24 Å². The van der Waals surface area contributed by atoms with Gasteiger partial charge in [0.15, 0.2) is 0 Å². The Morgan fingerprint density at radius 1 is 1.36 bits per heavy atom. The molecule has 74 valence electrons. The first-order valence-electron chi connectivity index (χ1n) is 4.60. The molecular formula is C12H13ClO. The van der Waals surface area contributed by atoms with Crippen LogP contribution in [0.5, 0.6) is 0 Å². The molecule has 0 radical (unpaired) electrons. The molecule has 0 aliphatic rings. The summed E-state index contributed by atoms with van der Waals surface area (Å²) in [7, 11) is 0. The minimum Gasteiger partial charge on any atom is -0.276 e. The second kappa shape index (κ2) is 4.97. The summed E-state index contributed by atoms with van der Waals surface area (Å²) in [6.45, 7) is 3.99. The van der Waals surface area contributed by atoms with Crippen LogP contribution in [0, 0.1) is 0 Å². The Morgan fingerprint density at radius 2 is 1.93 bits per heavy atom. The van der Waals surface area contributed by atoms with E-state index in [-0.39, 0.29) is 0 Å². The van der Waals surface area contributed by atoms with Crippen molar-refractivity contribution in [2.45, 2.75) is 20.3 Å². The summed E-state index contributed by atoms with van der Waals surface area (Å²) < 4.78 is 0. The van der Waals surface area contributed by atoms with Gasteiger partial charge in [-0.15, -0.1) is 0 Å². The number of halogens is 1. The smallest absolute Gasteiger partial charge is 0.245 e. The molecule has 0 spiro atoms. The van der Waals surface area contributed by atoms with Crippen LogP contribution in [0.1, 0.15) is 25.0 Å². The quantitative estimate of drug-likeness (QED) is 0.550. The summed E-state index contributed by atoms with van der Waals surface area (Å²) >= 11 is 5.27. The van der Waals surface area contributed by atoms with Crippen LogP contribution in [0.15, 0.2) is 30.3 Å². The van der Waals surface area contributed by atoms with Crippen LogP contribution in [0.2, 0.25) is 0 Å². The number of hydrogen-bond donors (Lipinski definition) is 0. The number of rotatable bonds is 3. The zero-order chi connectivity index (χ0) is 10.6. The molecule has 1 aromatic carbocycles. The number of carbonyl (C=O) groups is 1. The lowest BCUT2D eigenvalue weighted by Crippen LogP contribution is -1.85. The molecule has 0 aliphatic heterocycles. The molecular weight excluding hydrogens is 196 g/mol. The van der Waals surface area contributed by atoms with Gasteiger partial charge in [0.1, 0.15) is 0 Å². The molecule has 14 heavy (non-hydrogen) atoms. The first-order chi connectivity index (χ1) is 6.63. The largest absolute Gasteiger partial charge is 0.276 e. The second-order valence-electron chi connectivity index (χ2n) is 3.18. The lowest BCUT2D eigenvalue weighted by molar-refractivity contribution is -0.107. The molecule has 1 rings (SSSR count). The van der Waals surface area contributed by atoms with Crippen molar-refractivity contribution >= 4 is 22.4 Å². The van der Waals surface area contributed by atoms with E-state index in [1.54, 1.807) is 0 Å². The van der Waals surface area contributed by atoms with Crippen molar-refractivity contribution in [1.82, 2.24) is 0 Å². The molecule has 0 unspecified atom stereocenters. The summed E-state index contributed by atoms with van der Waals surface area (Å²) in [6, 6.07) is 8.13.